The number of H-pyrrole nitrogens is 1. The van der Waals surface area contributed by atoms with Gasteiger partial charge in [-0.15, -0.1) is 0 Å². The molecule has 0 spiro atoms. The van der Waals surface area contributed by atoms with Crippen LogP contribution in [-0.4, -0.2) is 83.5 Å². The summed E-state index contributed by atoms with van der Waals surface area (Å²) in [7, 11) is 0. The number of aromatic amines is 1. The Morgan fingerprint density at radius 1 is 1.27 bits per heavy atom. The van der Waals surface area contributed by atoms with Crippen molar-refractivity contribution in [3.8, 4) is 5.75 Å². The van der Waals surface area contributed by atoms with Crippen LogP contribution in [-0.2, 0) is 4.74 Å². The third-order valence-electron chi connectivity index (χ3n) is 5.86. The lowest BCUT2D eigenvalue weighted by molar-refractivity contribution is -0.0498. The molecule has 0 aliphatic carbocycles. The molecule has 1 aliphatic rings. The molecular weight excluding hydrogens is 484 g/mol. The first kappa shape index (κ1) is 26.4. The fourth-order valence-electron chi connectivity index (χ4n) is 4.07. The molecule has 3 heterocycles. The van der Waals surface area contributed by atoms with Crippen LogP contribution in [0.15, 0.2) is 30.6 Å². The molecule has 0 radical (unpaired) electrons. The van der Waals surface area contributed by atoms with Crippen molar-refractivity contribution < 1.29 is 23.0 Å². The maximum atomic E-state index is 12.9. The van der Waals surface area contributed by atoms with Crippen molar-refractivity contribution in [2.75, 3.05) is 44.7 Å². The van der Waals surface area contributed by atoms with Crippen molar-refractivity contribution in [2.45, 2.75) is 32.9 Å². The first-order valence-electron chi connectivity index (χ1n) is 12.2. The summed E-state index contributed by atoms with van der Waals surface area (Å²) in [5.74, 6) is -0.379. The Balaban J connectivity index is 1.56. The highest BCUT2D eigenvalue weighted by Gasteiger charge is 2.19. The number of ether oxygens (including phenoxy) is 2. The molecule has 10 nitrogen and oxygen atoms in total. The quantitative estimate of drug-likeness (QED) is 0.228. The number of benzene rings is 1. The van der Waals surface area contributed by atoms with Gasteiger partial charge in [-0.3, -0.25) is 15.1 Å². The summed E-state index contributed by atoms with van der Waals surface area (Å²) in [6, 6.07) is 4.36. The van der Waals surface area contributed by atoms with Gasteiger partial charge in [0.25, 0.3) is 5.91 Å². The highest BCUT2D eigenvalue weighted by molar-refractivity contribution is 6.14. The van der Waals surface area contributed by atoms with E-state index in [1.165, 1.54) is 24.5 Å². The van der Waals surface area contributed by atoms with Crippen molar-refractivity contribution in [2.24, 2.45) is 0 Å². The first-order valence-corrected chi connectivity index (χ1v) is 12.2. The van der Waals surface area contributed by atoms with Crippen LogP contribution >= 0.6 is 0 Å². The Morgan fingerprint density at radius 2 is 2.05 bits per heavy atom. The average Bonchev–Trinajstić information content (AvgIpc) is 3.30. The number of carbonyl (C=O) groups excluding carboxylic acids is 1. The molecule has 1 saturated heterocycles. The summed E-state index contributed by atoms with van der Waals surface area (Å²) in [5, 5.41) is 15.0. The van der Waals surface area contributed by atoms with E-state index in [9.17, 15) is 13.6 Å². The molecule has 198 valence electrons. The fourth-order valence-corrected chi connectivity index (χ4v) is 4.07. The van der Waals surface area contributed by atoms with Gasteiger partial charge in [-0.2, -0.15) is 8.78 Å². The van der Waals surface area contributed by atoms with Crippen LogP contribution in [0.25, 0.3) is 11.2 Å². The third-order valence-corrected chi connectivity index (χ3v) is 5.86. The number of alkyl halides is 2. The third kappa shape index (κ3) is 6.77. The number of nitrogens with one attached hydrogen (secondary N) is 4. The molecule has 37 heavy (non-hydrogen) atoms. The van der Waals surface area contributed by atoms with E-state index < -0.39 is 6.61 Å². The molecule has 2 aromatic heterocycles. The van der Waals surface area contributed by atoms with E-state index in [1.807, 2.05) is 13.8 Å². The summed E-state index contributed by atoms with van der Waals surface area (Å²) in [6.07, 6.45) is 3.79. The number of aromatic nitrogens is 3. The number of nitrogens with zero attached hydrogens (tertiary/aromatic N) is 3. The molecule has 3 aromatic rings. The van der Waals surface area contributed by atoms with E-state index in [2.05, 4.69) is 35.2 Å². The molecule has 1 fully saturated rings. The van der Waals surface area contributed by atoms with Gasteiger partial charge in [0.2, 0.25) is 0 Å². The van der Waals surface area contributed by atoms with Crippen LogP contribution in [0.4, 0.5) is 14.5 Å². The summed E-state index contributed by atoms with van der Waals surface area (Å²) >= 11 is 0. The van der Waals surface area contributed by atoms with Crippen molar-refractivity contribution in [1.29, 1.82) is 5.41 Å². The van der Waals surface area contributed by atoms with Gasteiger partial charge in [0.05, 0.1) is 30.7 Å². The Labute approximate surface area is 213 Å². The normalized spacial score (nSPS) is 14.3. The lowest BCUT2D eigenvalue weighted by Gasteiger charge is -2.26. The van der Waals surface area contributed by atoms with Crippen molar-refractivity contribution >= 4 is 28.5 Å². The molecular formula is C25H31F2N7O3. The molecule has 0 bridgehead atoms. The topological polar surface area (TPSA) is 128 Å². The average molecular weight is 516 g/mol. The highest BCUT2D eigenvalue weighted by atomic mass is 19.3. The van der Waals surface area contributed by atoms with Crippen LogP contribution in [0.5, 0.6) is 5.75 Å². The van der Waals surface area contributed by atoms with Crippen molar-refractivity contribution in [1.82, 2.24) is 25.2 Å². The second-order valence-corrected chi connectivity index (χ2v) is 8.98. The predicted molar refractivity (Wildman–Crippen MR) is 136 cm³/mol. The summed E-state index contributed by atoms with van der Waals surface area (Å²) in [5.41, 5.74) is 2.10. The Kier molecular flexibility index (Phi) is 8.62. The van der Waals surface area contributed by atoms with Gasteiger partial charge >= 0.3 is 6.61 Å². The van der Waals surface area contributed by atoms with Gasteiger partial charge in [0, 0.05) is 43.1 Å². The predicted octanol–water partition coefficient (Wildman–Crippen LogP) is 3.25. The minimum absolute atomic E-state index is 0.0405. The molecule has 0 atom stereocenters. The molecule has 4 rings (SSSR count). The van der Waals surface area contributed by atoms with Gasteiger partial charge in [-0.25, -0.2) is 9.97 Å². The molecule has 12 heteroatoms. The van der Waals surface area contributed by atoms with E-state index in [1.54, 1.807) is 6.07 Å². The number of fused-ring (bicyclic) bond motifs is 1. The van der Waals surface area contributed by atoms with Crippen LogP contribution in [0.1, 0.15) is 41.9 Å². The number of hydrogen-bond acceptors (Lipinski definition) is 8. The lowest BCUT2D eigenvalue weighted by atomic mass is 10.0. The van der Waals surface area contributed by atoms with Crippen LogP contribution in [0, 0.1) is 5.41 Å². The standard InChI is InChI=1S/C25H31F2N7O3/c1-15(2)32-24(35)18-13-30-23-22(18)33-20(14-31-23)21(28)17-12-16(37-25(26)27)4-5-19(17)29-6-3-7-34-8-10-36-11-9-34/h4-5,12-15,25,28-29H,3,6-11H2,1-2H3,(H,30,31)(H,32,35). The zero-order valence-corrected chi connectivity index (χ0v) is 20.8. The maximum absolute atomic E-state index is 12.9. The van der Waals surface area contributed by atoms with Gasteiger partial charge in [-0.1, -0.05) is 0 Å². The maximum Gasteiger partial charge on any atom is 0.387 e. The number of carbonyl (C=O) groups is 1. The first-order chi connectivity index (χ1) is 17.8. The SMILES string of the molecule is CC(C)NC(=O)c1c[nH]c2ncc(C(=N)c3cc(OC(F)F)ccc3NCCCN3CCOCC3)nc12. The molecule has 1 amide bonds. The van der Waals surface area contributed by atoms with Gasteiger partial charge in [-0.05, 0) is 45.0 Å². The number of halogens is 2. The molecule has 1 aromatic carbocycles. The monoisotopic (exact) mass is 515 g/mol. The fraction of sp³-hybridized carbons (Fsp3) is 0.440. The molecule has 0 unspecified atom stereocenters. The Hall–Kier alpha value is -3.64. The van der Waals surface area contributed by atoms with Gasteiger partial charge < -0.3 is 25.1 Å². The smallest absolute Gasteiger partial charge is 0.387 e. The van der Waals surface area contributed by atoms with E-state index >= 15 is 0 Å². The number of morpholine rings is 1. The minimum Gasteiger partial charge on any atom is -0.435 e. The molecule has 4 N–H and O–H groups in total. The number of rotatable bonds is 11. The Bertz CT molecular complexity index is 1240. The second kappa shape index (κ2) is 12.1. The van der Waals surface area contributed by atoms with Crippen molar-refractivity contribution in [3.05, 3.63) is 47.4 Å². The van der Waals surface area contributed by atoms with E-state index in [4.69, 9.17) is 10.1 Å². The second-order valence-electron chi connectivity index (χ2n) is 8.98. The summed E-state index contributed by atoms with van der Waals surface area (Å²) in [4.78, 5) is 26.7. The van der Waals surface area contributed by atoms with Crippen LogP contribution in [0.3, 0.4) is 0 Å². The minimum atomic E-state index is -2.99. The summed E-state index contributed by atoms with van der Waals surface area (Å²) in [6.45, 7) is 5.47. The number of hydrogen-bond donors (Lipinski definition) is 4. The lowest BCUT2D eigenvalue weighted by Crippen LogP contribution is -2.37. The summed E-state index contributed by atoms with van der Waals surface area (Å²) < 4.78 is 35.7. The molecule has 0 saturated carbocycles. The molecule has 1 aliphatic heterocycles. The largest absolute Gasteiger partial charge is 0.435 e. The Morgan fingerprint density at radius 3 is 2.78 bits per heavy atom. The zero-order valence-electron chi connectivity index (χ0n) is 20.8. The van der Waals surface area contributed by atoms with Crippen molar-refractivity contribution in [3.63, 3.8) is 0 Å². The van der Waals surface area contributed by atoms with Gasteiger partial charge in [0.1, 0.15) is 17.0 Å². The van der Waals surface area contributed by atoms with E-state index in [-0.39, 0.29) is 29.1 Å². The van der Waals surface area contributed by atoms with E-state index in [0.717, 1.165) is 39.3 Å². The van der Waals surface area contributed by atoms with E-state index in [0.29, 0.717) is 34.5 Å². The number of amides is 1. The van der Waals surface area contributed by atoms with Crippen LogP contribution < -0.4 is 15.4 Å². The zero-order chi connectivity index (χ0) is 26.4. The van der Waals surface area contributed by atoms with Crippen LogP contribution in [0.2, 0.25) is 0 Å². The van der Waals surface area contributed by atoms with Gasteiger partial charge in [0.15, 0.2) is 5.65 Å². The number of anilines is 1. The highest BCUT2D eigenvalue weighted by Crippen LogP contribution is 2.26.